The molecule has 10 heteroatoms. The fourth-order valence-corrected chi connectivity index (χ4v) is 3.91. The van der Waals surface area contributed by atoms with Crippen molar-refractivity contribution in [2.75, 3.05) is 0 Å². The van der Waals surface area contributed by atoms with E-state index in [1.165, 1.54) is 4.57 Å². The third-order valence-corrected chi connectivity index (χ3v) is 5.60. The van der Waals surface area contributed by atoms with Crippen LogP contribution in [0.5, 0.6) is 0 Å². The summed E-state index contributed by atoms with van der Waals surface area (Å²) in [6.45, 7) is 0. The van der Waals surface area contributed by atoms with Crippen LogP contribution in [-0.4, -0.2) is 20.3 Å². The summed E-state index contributed by atoms with van der Waals surface area (Å²) < 4.78 is 1.12. The largest absolute Gasteiger partial charge is 0.346 e. The minimum atomic E-state index is -0.765. The predicted molar refractivity (Wildman–Crippen MR) is 115 cm³/mol. The number of nitrogens with zero attached hydrogens (tertiary/aromatic N) is 3. The number of halogens is 1. The highest BCUT2D eigenvalue weighted by Crippen LogP contribution is 2.35. The summed E-state index contributed by atoms with van der Waals surface area (Å²) in [6, 6.07) is 18.7. The van der Waals surface area contributed by atoms with Gasteiger partial charge in [0.2, 0.25) is 0 Å². The average Bonchev–Trinajstić information content (AvgIpc) is 3.11. The molecule has 0 saturated heterocycles. The number of nitro benzene ring substituents is 2. The van der Waals surface area contributed by atoms with Crippen LogP contribution in [0.25, 0.3) is 11.0 Å². The highest BCUT2D eigenvalue weighted by molar-refractivity contribution is 9.10. The molecule has 4 aromatic rings. The van der Waals surface area contributed by atoms with Crippen molar-refractivity contribution in [3.05, 3.63) is 108 Å². The number of carbonyl (C=O) groups excluding carboxylic acids is 1. The molecule has 0 aliphatic rings. The second kappa shape index (κ2) is 8.07. The number of H-pyrrole nitrogens is 1. The number of imidazole rings is 1. The molecule has 0 spiro atoms. The van der Waals surface area contributed by atoms with Crippen molar-refractivity contribution in [3.63, 3.8) is 0 Å². The quantitative estimate of drug-likeness (QED) is 0.310. The van der Waals surface area contributed by atoms with Crippen LogP contribution in [0.3, 0.4) is 0 Å². The fraction of sp³-hybridized carbons (Fsp3) is 0.0476. The van der Waals surface area contributed by atoms with Gasteiger partial charge >= 0.3 is 5.91 Å². The van der Waals surface area contributed by atoms with E-state index in [4.69, 9.17) is 0 Å². The number of para-hydroxylation sites is 2. The van der Waals surface area contributed by atoms with Gasteiger partial charge in [0.25, 0.3) is 17.2 Å². The molecule has 0 fully saturated rings. The van der Waals surface area contributed by atoms with Crippen LogP contribution in [0.1, 0.15) is 21.7 Å². The molecule has 0 atom stereocenters. The monoisotopic (exact) mass is 481 g/mol. The summed E-state index contributed by atoms with van der Waals surface area (Å²) >= 11 is 2.91. The van der Waals surface area contributed by atoms with Crippen LogP contribution < -0.4 is 4.98 Å². The van der Waals surface area contributed by atoms with Crippen LogP contribution in [-0.2, 0) is 6.42 Å². The fourth-order valence-electron chi connectivity index (χ4n) is 3.39. The zero-order valence-corrected chi connectivity index (χ0v) is 17.4. The van der Waals surface area contributed by atoms with Crippen LogP contribution >= 0.6 is 15.9 Å². The van der Waals surface area contributed by atoms with Crippen molar-refractivity contribution in [2.45, 2.75) is 6.42 Å². The third kappa shape index (κ3) is 3.80. The van der Waals surface area contributed by atoms with E-state index in [0.29, 0.717) is 23.3 Å². The first kappa shape index (κ1) is 20.4. The molecule has 0 aliphatic carbocycles. The Labute approximate surface area is 183 Å². The Morgan fingerprint density at radius 1 is 0.935 bits per heavy atom. The molecule has 3 aromatic carbocycles. The lowest BCUT2D eigenvalue weighted by molar-refractivity contribution is -0.395. The van der Waals surface area contributed by atoms with Gasteiger partial charge < -0.3 is 0 Å². The normalized spacial score (nSPS) is 10.9. The molecule has 1 aromatic heterocycles. The minimum Gasteiger partial charge on any atom is -0.258 e. The topological polar surface area (TPSA) is 122 Å². The van der Waals surface area contributed by atoms with Gasteiger partial charge in [0.05, 0.1) is 21.8 Å². The predicted octanol–water partition coefficient (Wildman–Crippen LogP) is 4.31. The van der Waals surface area contributed by atoms with Crippen molar-refractivity contribution in [1.82, 2.24) is 4.57 Å². The van der Waals surface area contributed by atoms with Gasteiger partial charge in [0, 0.05) is 12.1 Å². The molecule has 0 bridgehead atoms. The molecule has 0 aliphatic heterocycles. The minimum absolute atomic E-state index is 0.161. The highest BCUT2D eigenvalue weighted by atomic mass is 79.9. The van der Waals surface area contributed by atoms with Crippen molar-refractivity contribution in [1.29, 1.82) is 0 Å². The maximum atomic E-state index is 13.5. The van der Waals surface area contributed by atoms with Gasteiger partial charge in [-0.1, -0.05) is 42.5 Å². The lowest BCUT2D eigenvalue weighted by Gasteiger charge is -2.04. The summed E-state index contributed by atoms with van der Waals surface area (Å²) in [5, 5.41) is 22.8. The zero-order valence-electron chi connectivity index (χ0n) is 15.8. The Balaban J connectivity index is 1.91. The standard InChI is InChI=1S/C21H13BrN4O5/c22-20-17(25(28)29)11-14(12-18(20)26(30)31)21(27)24-16-9-5-4-8-15(16)23-19(24)10-13-6-2-1-3-7-13/h1-9,11-12H,10H2/p+1. The average molecular weight is 482 g/mol. The van der Waals surface area contributed by atoms with Gasteiger partial charge in [-0.2, -0.15) is 4.57 Å². The Hall–Kier alpha value is -3.92. The first-order chi connectivity index (χ1) is 14.9. The summed E-state index contributed by atoms with van der Waals surface area (Å²) in [5.74, 6) is -0.0623. The number of rotatable bonds is 5. The molecule has 9 nitrogen and oxygen atoms in total. The number of carbonyl (C=O) groups is 1. The second-order valence-electron chi connectivity index (χ2n) is 6.73. The number of nitro groups is 2. The van der Waals surface area contributed by atoms with Crippen molar-refractivity contribution in [3.8, 4) is 0 Å². The molecule has 0 amide bonds. The molecular weight excluding hydrogens is 468 g/mol. The van der Waals surface area contributed by atoms with E-state index < -0.39 is 27.1 Å². The number of hydrogen-bond acceptors (Lipinski definition) is 5. The number of hydrogen-bond donors (Lipinski definition) is 0. The third-order valence-electron chi connectivity index (χ3n) is 4.79. The highest BCUT2D eigenvalue weighted by Gasteiger charge is 2.31. The van der Waals surface area contributed by atoms with E-state index in [-0.39, 0.29) is 10.0 Å². The maximum Gasteiger partial charge on any atom is 0.346 e. The molecule has 4 rings (SSSR count). The van der Waals surface area contributed by atoms with Crippen molar-refractivity contribution >= 4 is 44.2 Å². The number of aromatic nitrogens is 2. The lowest BCUT2D eigenvalue weighted by Crippen LogP contribution is -2.20. The van der Waals surface area contributed by atoms with Gasteiger partial charge in [-0.25, -0.2) is 9.78 Å². The second-order valence-corrected chi connectivity index (χ2v) is 7.53. The van der Waals surface area contributed by atoms with E-state index in [2.05, 4.69) is 20.9 Å². The summed E-state index contributed by atoms with van der Waals surface area (Å²) in [6.07, 6.45) is 0.391. The number of aromatic amines is 1. The van der Waals surface area contributed by atoms with E-state index in [1.54, 1.807) is 18.2 Å². The van der Waals surface area contributed by atoms with Crippen LogP contribution in [0, 0.1) is 20.2 Å². The maximum absolute atomic E-state index is 13.5. The lowest BCUT2D eigenvalue weighted by atomic mass is 10.1. The molecule has 31 heavy (non-hydrogen) atoms. The smallest absolute Gasteiger partial charge is 0.258 e. The van der Waals surface area contributed by atoms with E-state index in [1.807, 2.05) is 36.4 Å². The summed E-state index contributed by atoms with van der Waals surface area (Å²) in [4.78, 5) is 38.0. The van der Waals surface area contributed by atoms with E-state index in [0.717, 1.165) is 17.7 Å². The Bertz CT molecular complexity index is 1320. The first-order valence-corrected chi connectivity index (χ1v) is 9.88. The molecular formula is C21H14BrN4O5+. The molecule has 0 unspecified atom stereocenters. The van der Waals surface area contributed by atoms with Crippen LogP contribution in [0.2, 0.25) is 0 Å². The SMILES string of the molecule is O=C(c1cc([N+](=O)[O-])c(Br)c([N+](=O)[O-])c1)n1c(Cc2ccccc2)[nH+]c2ccccc21. The van der Waals surface area contributed by atoms with Crippen molar-refractivity contribution in [2.24, 2.45) is 0 Å². The van der Waals surface area contributed by atoms with E-state index >= 15 is 0 Å². The Kier molecular flexibility index (Phi) is 5.30. The van der Waals surface area contributed by atoms with Gasteiger partial charge in [-0.15, -0.1) is 0 Å². The zero-order chi connectivity index (χ0) is 22.1. The first-order valence-electron chi connectivity index (χ1n) is 9.09. The van der Waals surface area contributed by atoms with Crippen LogP contribution in [0.15, 0.2) is 71.2 Å². The summed E-state index contributed by atoms with van der Waals surface area (Å²) in [5.41, 5.74) is 0.939. The van der Waals surface area contributed by atoms with Gasteiger partial charge in [-0.3, -0.25) is 20.2 Å². The van der Waals surface area contributed by atoms with Gasteiger partial charge in [0.15, 0.2) is 15.5 Å². The van der Waals surface area contributed by atoms with E-state index in [9.17, 15) is 25.0 Å². The molecule has 1 N–H and O–H groups in total. The molecule has 0 saturated carbocycles. The Morgan fingerprint density at radius 2 is 1.52 bits per heavy atom. The molecule has 154 valence electrons. The van der Waals surface area contributed by atoms with Gasteiger partial charge in [-0.05, 0) is 33.6 Å². The molecule has 0 radical (unpaired) electrons. The Morgan fingerprint density at radius 3 is 2.13 bits per heavy atom. The number of fused-ring (bicyclic) bond motifs is 1. The van der Waals surface area contributed by atoms with Crippen molar-refractivity contribution < 1.29 is 19.6 Å². The number of benzene rings is 3. The molecule has 1 heterocycles. The van der Waals surface area contributed by atoms with Gasteiger partial charge in [0.1, 0.15) is 0 Å². The number of nitrogens with one attached hydrogen (secondary N) is 1. The van der Waals surface area contributed by atoms with Crippen LogP contribution in [0.4, 0.5) is 11.4 Å². The summed E-state index contributed by atoms with van der Waals surface area (Å²) in [7, 11) is 0.